The van der Waals surface area contributed by atoms with Gasteiger partial charge < -0.3 is 24.7 Å². The predicted molar refractivity (Wildman–Crippen MR) is 127 cm³/mol. The summed E-state index contributed by atoms with van der Waals surface area (Å²) in [5, 5.41) is 7.24. The van der Waals surface area contributed by atoms with Crippen LogP contribution in [0.15, 0.2) is 45.7 Å². The Morgan fingerprint density at radius 1 is 1.18 bits per heavy atom. The molecule has 174 valence electrons. The monoisotopic (exact) mass is 451 g/mol. The predicted octanol–water partition coefficient (Wildman–Crippen LogP) is 2.88. The van der Waals surface area contributed by atoms with Gasteiger partial charge in [-0.15, -0.1) is 0 Å². The van der Waals surface area contributed by atoms with Gasteiger partial charge >= 0.3 is 5.63 Å². The molecule has 9 nitrogen and oxygen atoms in total. The number of rotatable bonds is 7. The highest BCUT2D eigenvalue weighted by molar-refractivity contribution is 5.85. The topological polar surface area (TPSA) is 110 Å². The van der Waals surface area contributed by atoms with Crippen molar-refractivity contribution in [2.75, 3.05) is 30.9 Å². The van der Waals surface area contributed by atoms with E-state index in [1.54, 1.807) is 12.3 Å². The highest BCUT2D eigenvalue weighted by Crippen LogP contribution is 2.26. The van der Waals surface area contributed by atoms with Gasteiger partial charge in [-0.05, 0) is 50.3 Å². The van der Waals surface area contributed by atoms with E-state index in [9.17, 15) is 9.59 Å². The maximum Gasteiger partial charge on any atom is 0.336 e. The normalized spacial score (nSPS) is 18.0. The smallest absolute Gasteiger partial charge is 0.336 e. The molecule has 4 rings (SSSR count). The fourth-order valence-corrected chi connectivity index (χ4v) is 4.07. The van der Waals surface area contributed by atoms with Gasteiger partial charge in [-0.3, -0.25) is 4.79 Å². The standard InChI is InChI=1S/C24H29N5O4/c1-15-13-22(31)33-23-18(15)5-4-6-19(23)32-14-21(30)26-16-7-9-17(10-8-16)27-24-25-12-11-20(28-24)29(2)3/h4-6,11-13,16-17H,7-10,14H2,1-3H3,(H,26,30)(H,25,27,28). The van der Waals surface area contributed by atoms with E-state index in [1.165, 1.54) is 6.07 Å². The van der Waals surface area contributed by atoms with E-state index in [0.29, 0.717) is 17.3 Å². The maximum atomic E-state index is 12.5. The molecule has 2 aromatic heterocycles. The minimum absolute atomic E-state index is 0.0980. The van der Waals surface area contributed by atoms with Crippen molar-refractivity contribution in [2.24, 2.45) is 0 Å². The van der Waals surface area contributed by atoms with Crippen LogP contribution in [0.25, 0.3) is 11.0 Å². The zero-order chi connectivity index (χ0) is 23.4. The van der Waals surface area contributed by atoms with Gasteiger partial charge in [0.05, 0.1) is 0 Å². The summed E-state index contributed by atoms with van der Waals surface area (Å²) >= 11 is 0. The van der Waals surface area contributed by atoms with Crippen molar-refractivity contribution >= 4 is 28.6 Å². The second-order valence-electron chi connectivity index (χ2n) is 8.56. The third kappa shape index (κ3) is 5.60. The van der Waals surface area contributed by atoms with Crippen LogP contribution in [0.3, 0.4) is 0 Å². The molecule has 0 spiro atoms. The first-order valence-electron chi connectivity index (χ1n) is 11.1. The number of carbonyl (C=O) groups excluding carboxylic acids is 1. The Morgan fingerprint density at radius 2 is 1.94 bits per heavy atom. The van der Waals surface area contributed by atoms with E-state index in [-0.39, 0.29) is 24.6 Å². The number of anilines is 2. The molecule has 3 aromatic rings. The highest BCUT2D eigenvalue weighted by Gasteiger charge is 2.23. The molecular formula is C24H29N5O4. The molecule has 1 amide bonds. The van der Waals surface area contributed by atoms with Crippen molar-refractivity contribution < 1.29 is 13.9 Å². The minimum Gasteiger partial charge on any atom is -0.480 e. The zero-order valence-electron chi connectivity index (χ0n) is 19.1. The van der Waals surface area contributed by atoms with Crippen molar-refractivity contribution in [1.29, 1.82) is 0 Å². The lowest BCUT2D eigenvalue weighted by molar-refractivity contribution is -0.124. The summed E-state index contributed by atoms with van der Waals surface area (Å²) in [5.41, 5.74) is 0.729. The largest absolute Gasteiger partial charge is 0.480 e. The first kappa shape index (κ1) is 22.6. The Kier molecular flexibility index (Phi) is 6.76. The van der Waals surface area contributed by atoms with Gasteiger partial charge in [0.15, 0.2) is 17.9 Å². The third-order valence-electron chi connectivity index (χ3n) is 5.82. The molecule has 0 unspecified atom stereocenters. The molecule has 0 aliphatic heterocycles. The third-order valence-corrected chi connectivity index (χ3v) is 5.82. The van der Waals surface area contributed by atoms with Crippen LogP contribution in [-0.2, 0) is 4.79 Å². The number of aryl methyl sites for hydroxylation is 1. The number of nitrogens with zero attached hydrogens (tertiary/aromatic N) is 3. The first-order chi connectivity index (χ1) is 15.9. The Bertz CT molecular complexity index is 1180. The number of hydrogen-bond donors (Lipinski definition) is 2. The summed E-state index contributed by atoms with van der Waals surface area (Å²) in [4.78, 5) is 34.9. The summed E-state index contributed by atoms with van der Waals surface area (Å²) < 4.78 is 11.0. The van der Waals surface area contributed by atoms with Crippen LogP contribution in [0.4, 0.5) is 11.8 Å². The molecule has 33 heavy (non-hydrogen) atoms. The van der Waals surface area contributed by atoms with Crippen LogP contribution in [-0.4, -0.2) is 48.7 Å². The summed E-state index contributed by atoms with van der Waals surface area (Å²) in [6, 6.07) is 9.04. The van der Waals surface area contributed by atoms with Gasteiger partial charge in [0, 0.05) is 43.8 Å². The van der Waals surface area contributed by atoms with Crippen molar-refractivity contribution in [3.05, 3.63) is 52.5 Å². The van der Waals surface area contributed by atoms with Crippen LogP contribution >= 0.6 is 0 Å². The van der Waals surface area contributed by atoms with Crippen LogP contribution in [0.5, 0.6) is 5.75 Å². The SMILES string of the molecule is Cc1cc(=O)oc2c(OCC(=O)NC3CCC(Nc4nccc(N(C)C)n4)CC3)cccc12. The second-order valence-corrected chi connectivity index (χ2v) is 8.56. The van der Waals surface area contributed by atoms with E-state index in [1.807, 2.05) is 44.1 Å². The molecule has 2 heterocycles. The Labute approximate surface area is 192 Å². The number of hydrogen-bond acceptors (Lipinski definition) is 8. The fraction of sp³-hybridized carbons (Fsp3) is 0.417. The summed E-state index contributed by atoms with van der Waals surface area (Å²) in [6.45, 7) is 1.70. The number of carbonyl (C=O) groups is 1. The Hall–Kier alpha value is -3.62. The minimum atomic E-state index is -0.440. The van der Waals surface area contributed by atoms with E-state index in [0.717, 1.165) is 42.5 Å². The molecule has 9 heteroatoms. The lowest BCUT2D eigenvalue weighted by Crippen LogP contribution is -2.42. The van der Waals surface area contributed by atoms with E-state index < -0.39 is 5.63 Å². The number of para-hydroxylation sites is 1. The van der Waals surface area contributed by atoms with E-state index in [2.05, 4.69) is 20.6 Å². The first-order valence-corrected chi connectivity index (χ1v) is 11.1. The highest BCUT2D eigenvalue weighted by atomic mass is 16.5. The van der Waals surface area contributed by atoms with Gasteiger partial charge in [0.1, 0.15) is 5.82 Å². The van der Waals surface area contributed by atoms with Gasteiger partial charge in [-0.2, -0.15) is 4.98 Å². The fourth-order valence-electron chi connectivity index (χ4n) is 4.07. The molecule has 0 atom stereocenters. The van der Waals surface area contributed by atoms with Crippen LogP contribution in [0.2, 0.25) is 0 Å². The average molecular weight is 452 g/mol. The van der Waals surface area contributed by atoms with E-state index in [4.69, 9.17) is 9.15 Å². The van der Waals surface area contributed by atoms with Crippen LogP contribution in [0, 0.1) is 6.92 Å². The molecule has 0 bridgehead atoms. The lowest BCUT2D eigenvalue weighted by Gasteiger charge is -2.29. The molecule has 1 aliphatic rings. The number of fused-ring (bicyclic) bond motifs is 1. The molecule has 2 N–H and O–H groups in total. The van der Waals surface area contributed by atoms with Gasteiger partial charge in [-0.1, -0.05) is 12.1 Å². The molecular weight excluding hydrogens is 422 g/mol. The van der Waals surface area contributed by atoms with Crippen molar-refractivity contribution in [3.63, 3.8) is 0 Å². The second kappa shape index (κ2) is 9.89. The summed E-state index contributed by atoms with van der Waals surface area (Å²) in [6.07, 6.45) is 5.29. The number of ether oxygens (including phenoxy) is 1. The van der Waals surface area contributed by atoms with Crippen molar-refractivity contribution in [3.8, 4) is 5.75 Å². The summed E-state index contributed by atoms with van der Waals surface area (Å²) in [7, 11) is 3.89. The van der Waals surface area contributed by atoms with Crippen molar-refractivity contribution in [2.45, 2.75) is 44.7 Å². The molecule has 0 saturated heterocycles. The zero-order valence-corrected chi connectivity index (χ0v) is 19.1. The number of benzene rings is 1. The van der Waals surface area contributed by atoms with Gasteiger partial charge in [0.2, 0.25) is 5.95 Å². The number of amides is 1. The number of nitrogens with one attached hydrogen (secondary N) is 2. The van der Waals surface area contributed by atoms with Gasteiger partial charge in [0.25, 0.3) is 5.91 Å². The van der Waals surface area contributed by atoms with Crippen molar-refractivity contribution in [1.82, 2.24) is 15.3 Å². The quantitative estimate of drug-likeness (QED) is 0.528. The molecule has 1 saturated carbocycles. The maximum absolute atomic E-state index is 12.5. The number of aromatic nitrogens is 2. The van der Waals surface area contributed by atoms with Crippen LogP contribution in [0.1, 0.15) is 31.2 Å². The van der Waals surface area contributed by atoms with Gasteiger partial charge in [-0.25, -0.2) is 9.78 Å². The summed E-state index contributed by atoms with van der Waals surface area (Å²) in [5.74, 6) is 1.67. The molecule has 0 radical (unpaired) electrons. The van der Waals surface area contributed by atoms with E-state index >= 15 is 0 Å². The van der Waals surface area contributed by atoms with Crippen LogP contribution < -0.4 is 25.9 Å². The molecule has 1 aliphatic carbocycles. The lowest BCUT2D eigenvalue weighted by atomic mass is 9.91. The average Bonchev–Trinajstić information content (AvgIpc) is 2.79. The Balaban J connectivity index is 1.27. The molecule has 1 aromatic carbocycles. The Morgan fingerprint density at radius 3 is 2.70 bits per heavy atom. The molecule has 1 fully saturated rings.